The summed E-state index contributed by atoms with van der Waals surface area (Å²) in [5.41, 5.74) is 1.03. The van der Waals surface area contributed by atoms with Gasteiger partial charge in [0.25, 0.3) is 0 Å². The average molecular weight is 264 g/mol. The summed E-state index contributed by atoms with van der Waals surface area (Å²) in [7, 11) is 1.35. The van der Waals surface area contributed by atoms with Gasteiger partial charge in [-0.15, -0.1) is 0 Å². The van der Waals surface area contributed by atoms with Gasteiger partial charge in [0.1, 0.15) is 11.9 Å². The third-order valence-corrected chi connectivity index (χ3v) is 2.89. The standard InChI is InChI=1S/C15H14F2O2/c1-9-6-10(8-11(16)7-9)15(18)12-4-3-5-13(19-2)14(12)17/h3-8,15,18H,1-2H3. The lowest BCUT2D eigenvalue weighted by molar-refractivity contribution is 0.212. The van der Waals surface area contributed by atoms with Crippen LogP contribution in [0.5, 0.6) is 5.75 Å². The number of hydrogen-bond acceptors (Lipinski definition) is 2. The number of aliphatic hydroxyl groups excluding tert-OH is 1. The van der Waals surface area contributed by atoms with Crippen LogP contribution < -0.4 is 4.74 Å². The molecule has 100 valence electrons. The number of rotatable bonds is 3. The Morgan fingerprint density at radius 1 is 1.16 bits per heavy atom. The van der Waals surface area contributed by atoms with Crippen molar-refractivity contribution >= 4 is 0 Å². The first-order chi connectivity index (χ1) is 9.02. The van der Waals surface area contributed by atoms with Crippen molar-refractivity contribution in [3.8, 4) is 5.75 Å². The maximum absolute atomic E-state index is 14.0. The molecule has 0 saturated heterocycles. The molecule has 2 rings (SSSR count). The van der Waals surface area contributed by atoms with Crippen LogP contribution in [0, 0.1) is 18.6 Å². The lowest BCUT2D eigenvalue weighted by atomic mass is 9.99. The summed E-state index contributed by atoms with van der Waals surface area (Å²) in [6.45, 7) is 1.71. The van der Waals surface area contributed by atoms with Crippen LogP contribution in [0.1, 0.15) is 22.8 Å². The number of hydrogen-bond donors (Lipinski definition) is 1. The van der Waals surface area contributed by atoms with Crippen LogP contribution in [-0.4, -0.2) is 12.2 Å². The molecule has 0 aliphatic heterocycles. The molecule has 0 spiro atoms. The second kappa shape index (κ2) is 5.36. The predicted molar refractivity (Wildman–Crippen MR) is 68.2 cm³/mol. The normalized spacial score (nSPS) is 12.3. The molecule has 0 saturated carbocycles. The quantitative estimate of drug-likeness (QED) is 0.921. The molecule has 0 amide bonds. The zero-order valence-corrected chi connectivity index (χ0v) is 10.7. The van der Waals surface area contributed by atoms with E-state index in [4.69, 9.17) is 4.74 Å². The highest BCUT2D eigenvalue weighted by Crippen LogP contribution is 2.29. The molecule has 0 aromatic heterocycles. The van der Waals surface area contributed by atoms with Crippen molar-refractivity contribution in [2.24, 2.45) is 0 Å². The first kappa shape index (κ1) is 13.5. The van der Waals surface area contributed by atoms with Gasteiger partial charge < -0.3 is 9.84 Å². The maximum atomic E-state index is 14.0. The van der Waals surface area contributed by atoms with E-state index in [9.17, 15) is 13.9 Å². The third kappa shape index (κ3) is 2.74. The van der Waals surface area contributed by atoms with Gasteiger partial charge in [-0.1, -0.05) is 18.2 Å². The Kier molecular flexibility index (Phi) is 3.81. The molecule has 2 aromatic carbocycles. The Morgan fingerprint density at radius 2 is 1.89 bits per heavy atom. The molecular weight excluding hydrogens is 250 g/mol. The fourth-order valence-electron chi connectivity index (χ4n) is 2.00. The minimum atomic E-state index is -1.23. The molecule has 0 aliphatic carbocycles. The van der Waals surface area contributed by atoms with Crippen LogP contribution >= 0.6 is 0 Å². The van der Waals surface area contributed by atoms with Gasteiger partial charge in [0.2, 0.25) is 0 Å². The Bertz CT molecular complexity index is 576. The molecule has 1 N–H and O–H groups in total. The Balaban J connectivity index is 2.46. The summed E-state index contributed by atoms with van der Waals surface area (Å²) < 4.78 is 32.2. The van der Waals surface area contributed by atoms with Crippen molar-refractivity contribution in [1.82, 2.24) is 0 Å². The average Bonchev–Trinajstić information content (AvgIpc) is 2.37. The highest BCUT2D eigenvalue weighted by Gasteiger charge is 2.18. The van der Waals surface area contributed by atoms with Gasteiger partial charge in [0.05, 0.1) is 7.11 Å². The molecule has 0 aliphatic rings. The fourth-order valence-corrected chi connectivity index (χ4v) is 2.00. The van der Waals surface area contributed by atoms with E-state index in [0.29, 0.717) is 11.1 Å². The number of aliphatic hydroxyl groups is 1. The smallest absolute Gasteiger partial charge is 0.171 e. The highest BCUT2D eigenvalue weighted by molar-refractivity contribution is 5.38. The van der Waals surface area contributed by atoms with Gasteiger partial charge >= 0.3 is 0 Å². The van der Waals surface area contributed by atoms with E-state index in [1.165, 1.54) is 31.4 Å². The van der Waals surface area contributed by atoms with Crippen LogP contribution in [0.2, 0.25) is 0 Å². The topological polar surface area (TPSA) is 29.5 Å². The van der Waals surface area contributed by atoms with E-state index in [1.54, 1.807) is 19.1 Å². The zero-order chi connectivity index (χ0) is 14.0. The molecule has 4 heteroatoms. The maximum Gasteiger partial charge on any atom is 0.171 e. The first-order valence-electron chi connectivity index (χ1n) is 5.80. The SMILES string of the molecule is COc1cccc(C(O)c2cc(C)cc(F)c2)c1F. The van der Waals surface area contributed by atoms with E-state index < -0.39 is 17.7 Å². The van der Waals surface area contributed by atoms with Crippen molar-refractivity contribution in [2.45, 2.75) is 13.0 Å². The summed E-state index contributed by atoms with van der Waals surface area (Å²) in [6, 6.07) is 8.64. The Labute approximate surface area is 110 Å². The monoisotopic (exact) mass is 264 g/mol. The Hall–Kier alpha value is -1.94. The van der Waals surface area contributed by atoms with E-state index in [2.05, 4.69) is 0 Å². The van der Waals surface area contributed by atoms with Gasteiger partial charge in [-0.3, -0.25) is 0 Å². The lowest BCUT2D eigenvalue weighted by Gasteiger charge is -2.14. The molecule has 0 bridgehead atoms. The highest BCUT2D eigenvalue weighted by atomic mass is 19.1. The summed E-state index contributed by atoms with van der Waals surface area (Å²) in [4.78, 5) is 0. The number of ether oxygens (including phenoxy) is 1. The van der Waals surface area contributed by atoms with Crippen LogP contribution in [0.4, 0.5) is 8.78 Å². The summed E-state index contributed by atoms with van der Waals surface area (Å²) in [5.74, 6) is -1.05. The molecule has 2 aromatic rings. The number of benzene rings is 2. The van der Waals surface area contributed by atoms with Gasteiger partial charge in [0.15, 0.2) is 11.6 Å². The molecule has 1 atom stereocenters. The molecule has 1 unspecified atom stereocenters. The largest absolute Gasteiger partial charge is 0.494 e. The van der Waals surface area contributed by atoms with Crippen molar-refractivity contribution in [3.63, 3.8) is 0 Å². The second-order valence-corrected chi connectivity index (χ2v) is 4.33. The first-order valence-corrected chi connectivity index (χ1v) is 5.80. The minimum Gasteiger partial charge on any atom is -0.494 e. The van der Waals surface area contributed by atoms with E-state index in [1.807, 2.05) is 0 Å². The molecule has 0 fully saturated rings. The van der Waals surface area contributed by atoms with E-state index in [-0.39, 0.29) is 11.3 Å². The van der Waals surface area contributed by atoms with Gasteiger partial charge in [-0.05, 0) is 36.2 Å². The molecule has 0 radical (unpaired) electrons. The van der Waals surface area contributed by atoms with Crippen LogP contribution in [0.15, 0.2) is 36.4 Å². The van der Waals surface area contributed by atoms with Gasteiger partial charge in [-0.25, -0.2) is 8.78 Å². The zero-order valence-electron chi connectivity index (χ0n) is 10.7. The number of halogens is 2. The summed E-state index contributed by atoms with van der Waals surface area (Å²) >= 11 is 0. The van der Waals surface area contributed by atoms with Crippen molar-refractivity contribution in [2.75, 3.05) is 7.11 Å². The summed E-state index contributed by atoms with van der Waals surface area (Å²) in [6.07, 6.45) is -1.23. The van der Waals surface area contributed by atoms with Crippen LogP contribution in [0.25, 0.3) is 0 Å². The second-order valence-electron chi connectivity index (χ2n) is 4.33. The third-order valence-electron chi connectivity index (χ3n) is 2.89. The summed E-state index contributed by atoms with van der Waals surface area (Å²) in [5, 5.41) is 10.2. The van der Waals surface area contributed by atoms with E-state index in [0.717, 1.165) is 0 Å². The van der Waals surface area contributed by atoms with Gasteiger partial charge in [-0.2, -0.15) is 0 Å². The van der Waals surface area contributed by atoms with Crippen LogP contribution in [-0.2, 0) is 0 Å². The predicted octanol–water partition coefficient (Wildman–Crippen LogP) is 3.36. The molecule has 19 heavy (non-hydrogen) atoms. The van der Waals surface area contributed by atoms with Crippen molar-refractivity contribution < 1.29 is 18.6 Å². The van der Waals surface area contributed by atoms with Crippen molar-refractivity contribution in [1.29, 1.82) is 0 Å². The van der Waals surface area contributed by atoms with Gasteiger partial charge in [0, 0.05) is 5.56 Å². The fraction of sp³-hybridized carbons (Fsp3) is 0.200. The molecule has 2 nitrogen and oxygen atoms in total. The molecule has 0 heterocycles. The Morgan fingerprint density at radius 3 is 2.53 bits per heavy atom. The van der Waals surface area contributed by atoms with E-state index >= 15 is 0 Å². The lowest BCUT2D eigenvalue weighted by Crippen LogP contribution is -2.04. The van der Waals surface area contributed by atoms with Crippen LogP contribution in [0.3, 0.4) is 0 Å². The molecular formula is C15H14F2O2. The van der Waals surface area contributed by atoms with Crippen molar-refractivity contribution in [3.05, 3.63) is 64.7 Å². The number of aryl methyl sites for hydroxylation is 1. The number of methoxy groups -OCH3 is 1. The minimum absolute atomic E-state index is 0.0460.